The third-order valence-corrected chi connectivity index (χ3v) is 3.17. The highest BCUT2D eigenvalue weighted by molar-refractivity contribution is 5.73. The number of methoxy groups -OCH3 is 1. The fourth-order valence-electron chi connectivity index (χ4n) is 2.48. The van der Waals surface area contributed by atoms with Crippen LogP contribution in [-0.2, 0) is 9.53 Å². The van der Waals surface area contributed by atoms with E-state index in [4.69, 9.17) is 4.74 Å². The number of hydrogen-bond acceptors (Lipinski definition) is 2. The van der Waals surface area contributed by atoms with Gasteiger partial charge < -0.3 is 9.64 Å². The fourth-order valence-corrected chi connectivity index (χ4v) is 2.48. The van der Waals surface area contributed by atoms with E-state index < -0.39 is 0 Å². The standard InChI is InChI=1S/C11H21NO2/c1-9-7-11(3,8-14-4)5-6-12(9)10(2)13/h9H,5-8H2,1-4H3. The average Bonchev–Trinajstić information content (AvgIpc) is 2.02. The summed E-state index contributed by atoms with van der Waals surface area (Å²) in [6.07, 6.45) is 2.09. The summed E-state index contributed by atoms with van der Waals surface area (Å²) in [4.78, 5) is 13.2. The maximum Gasteiger partial charge on any atom is 0.219 e. The topological polar surface area (TPSA) is 29.5 Å². The minimum absolute atomic E-state index is 0.192. The molecule has 1 aliphatic rings. The van der Waals surface area contributed by atoms with Gasteiger partial charge >= 0.3 is 0 Å². The van der Waals surface area contributed by atoms with Gasteiger partial charge in [0.1, 0.15) is 0 Å². The quantitative estimate of drug-likeness (QED) is 0.677. The van der Waals surface area contributed by atoms with Gasteiger partial charge in [-0.05, 0) is 25.2 Å². The van der Waals surface area contributed by atoms with Crippen LogP contribution in [0.2, 0.25) is 0 Å². The Morgan fingerprint density at radius 2 is 2.29 bits per heavy atom. The van der Waals surface area contributed by atoms with Crippen LogP contribution >= 0.6 is 0 Å². The molecule has 0 bridgehead atoms. The van der Waals surface area contributed by atoms with Crippen LogP contribution < -0.4 is 0 Å². The summed E-state index contributed by atoms with van der Waals surface area (Å²) >= 11 is 0. The highest BCUT2D eigenvalue weighted by Crippen LogP contribution is 2.34. The van der Waals surface area contributed by atoms with Crippen molar-refractivity contribution in [1.29, 1.82) is 0 Å². The molecule has 0 radical (unpaired) electrons. The molecule has 82 valence electrons. The Labute approximate surface area is 86.4 Å². The van der Waals surface area contributed by atoms with Crippen LogP contribution in [0.5, 0.6) is 0 Å². The van der Waals surface area contributed by atoms with Crippen molar-refractivity contribution in [3.8, 4) is 0 Å². The number of nitrogens with zero attached hydrogens (tertiary/aromatic N) is 1. The number of hydrogen-bond donors (Lipinski definition) is 0. The molecule has 0 spiro atoms. The molecular weight excluding hydrogens is 178 g/mol. The van der Waals surface area contributed by atoms with Gasteiger partial charge in [0.25, 0.3) is 0 Å². The monoisotopic (exact) mass is 199 g/mol. The molecule has 2 atom stereocenters. The third-order valence-electron chi connectivity index (χ3n) is 3.17. The maximum atomic E-state index is 11.3. The summed E-state index contributed by atoms with van der Waals surface area (Å²) in [6, 6.07) is 0.349. The summed E-state index contributed by atoms with van der Waals surface area (Å²) in [5.41, 5.74) is 0.250. The smallest absolute Gasteiger partial charge is 0.219 e. The van der Waals surface area contributed by atoms with E-state index >= 15 is 0 Å². The molecular formula is C11H21NO2. The van der Waals surface area contributed by atoms with E-state index in [0.717, 1.165) is 26.0 Å². The summed E-state index contributed by atoms with van der Waals surface area (Å²) in [5, 5.41) is 0. The Morgan fingerprint density at radius 3 is 2.71 bits per heavy atom. The molecule has 0 aromatic rings. The molecule has 0 aliphatic carbocycles. The highest BCUT2D eigenvalue weighted by Gasteiger charge is 2.35. The zero-order valence-electron chi connectivity index (χ0n) is 9.67. The lowest BCUT2D eigenvalue weighted by atomic mass is 9.78. The van der Waals surface area contributed by atoms with Crippen molar-refractivity contribution in [2.24, 2.45) is 5.41 Å². The molecule has 0 aromatic carbocycles. The Kier molecular flexibility index (Phi) is 3.53. The zero-order valence-corrected chi connectivity index (χ0v) is 9.67. The van der Waals surface area contributed by atoms with E-state index in [-0.39, 0.29) is 11.3 Å². The van der Waals surface area contributed by atoms with Gasteiger partial charge in [0.05, 0.1) is 6.61 Å². The number of ether oxygens (including phenoxy) is 1. The van der Waals surface area contributed by atoms with Crippen LogP contribution in [0.3, 0.4) is 0 Å². The van der Waals surface area contributed by atoms with Crippen molar-refractivity contribution in [1.82, 2.24) is 4.90 Å². The molecule has 1 heterocycles. The van der Waals surface area contributed by atoms with E-state index in [9.17, 15) is 4.79 Å². The lowest BCUT2D eigenvalue weighted by Crippen LogP contribution is -2.48. The number of likely N-dealkylation sites (tertiary alicyclic amines) is 1. The molecule has 1 aliphatic heterocycles. The maximum absolute atomic E-state index is 11.3. The molecule has 1 rings (SSSR count). The molecule has 1 fully saturated rings. The van der Waals surface area contributed by atoms with Crippen molar-refractivity contribution in [2.75, 3.05) is 20.3 Å². The predicted octanol–water partition coefficient (Wildman–Crippen LogP) is 1.67. The molecule has 0 saturated carbocycles. The van der Waals surface area contributed by atoms with Crippen molar-refractivity contribution < 1.29 is 9.53 Å². The van der Waals surface area contributed by atoms with Crippen LogP contribution in [0.4, 0.5) is 0 Å². The van der Waals surface area contributed by atoms with Gasteiger partial charge in [0.2, 0.25) is 5.91 Å². The highest BCUT2D eigenvalue weighted by atomic mass is 16.5. The van der Waals surface area contributed by atoms with E-state index in [1.807, 2.05) is 4.90 Å². The Hall–Kier alpha value is -0.570. The lowest BCUT2D eigenvalue weighted by molar-refractivity contribution is -0.134. The minimum atomic E-state index is 0.192. The van der Waals surface area contributed by atoms with Crippen LogP contribution in [-0.4, -0.2) is 37.1 Å². The number of rotatable bonds is 2. The number of carbonyl (C=O) groups is 1. The lowest BCUT2D eigenvalue weighted by Gasteiger charge is -2.43. The molecule has 3 nitrogen and oxygen atoms in total. The molecule has 0 aromatic heterocycles. The Balaban J connectivity index is 2.58. The largest absolute Gasteiger partial charge is 0.384 e. The van der Waals surface area contributed by atoms with Crippen LogP contribution in [0.15, 0.2) is 0 Å². The van der Waals surface area contributed by atoms with Crippen molar-refractivity contribution in [3.63, 3.8) is 0 Å². The SMILES string of the molecule is COCC1(C)CCN(C(C)=O)C(C)C1. The van der Waals surface area contributed by atoms with Crippen LogP contribution in [0.1, 0.15) is 33.6 Å². The first-order valence-corrected chi connectivity index (χ1v) is 5.25. The Morgan fingerprint density at radius 1 is 1.64 bits per heavy atom. The second-order valence-corrected chi connectivity index (χ2v) is 4.76. The van der Waals surface area contributed by atoms with Crippen molar-refractivity contribution in [3.05, 3.63) is 0 Å². The van der Waals surface area contributed by atoms with Crippen LogP contribution in [0.25, 0.3) is 0 Å². The first kappa shape index (κ1) is 11.5. The average molecular weight is 199 g/mol. The van der Waals surface area contributed by atoms with Gasteiger partial charge in [0.15, 0.2) is 0 Å². The van der Waals surface area contributed by atoms with Gasteiger partial charge in [-0.15, -0.1) is 0 Å². The Bertz CT molecular complexity index is 217. The molecule has 2 unspecified atom stereocenters. The summed E-state index contributed by atoms with van der Waals surface area (Å²) < 4.78 is 5.22. The normalized spacial score (nSPS) is 33.1. The van der Waals surface area contributed by atoms with E-state index in [1.54, 1.807) is 14.0 Å². The zero-order chi connectivity index (χ0) is 10.8. The van der Waals surface area contributed by atoms with E-state index in [1.165, 1.54) is 0 Å². The minimum Gasteiger partial charge on any atom is -0.384 e. The van der Waals surface area contributed by atoms with E-state index in [2.05, 4.69) is 13.8 Å². The predicted molar refractivity (Wildman–Crippen MR) is 56.1 cm³/mol. The number of carbonyl (C=O) groups excluding carboxylic acids is 1. The molecule has 3 heteroatoms. The molecule has 1 amide bonds. The summed E-state index contributed by atoms with van der Waals surface area (Å²) in [5.74, 6) is 0.192. The summed E-state index contributed by atoms with van der Waals surface area (Å²) in [7, 11) is 1.74. The second kappa shape index (κ2) is 4.30. The second-order valence-electron chi connectivity index (χ2n) is 4.76. The van der Waals surface area contributed by atoms with E-state index in [0.29, 0.717) is 6.04 Å². The van der Waals surface area contributed by atoms with Gasteiger partial charge in [-0.2, -0.15) is 0 Å². The molecule has 1 saturated heterocycles. The fraction of sp³-hybridized carbons (Fsp3) is 0.909. The number of piperidine rings is 1. The summed E-state index contributed by atoms with van der Waals surface area (Å²) in [6.45, 7) is 7.67. The molecule has 14 heavy (non-hydrogen) atoms. The first-order chi connectivity index (χ1) is 6.48. The molecule has 0 N–H and O–H groups in total. The van der Waals surface area contributed by atoms with Gasteiger partial charge in [-0.1, -0.05) is 6.92 Å². The van der Waals surface area contributed by atoms with Crippen molar-refractivity contribution >= 4 is 5.91 Å². The van der Waals surface area contributed by atoms with Crippen molar-refractivity contribution in [2.45, 2.75) is 39.7 Å². The van der Waals surface area contributed by atoms with Gasteiger partial charge in [-0.25, -0.2) is 0 Å². The van der Waals surface area contributed by atoms with Crippen LogP contribution in [0, 0.1) is 5.41 Å². The first-order valence-electron chi connectivity index (χ1n) is 5.25. The third kappa shape index (κ3) is 2.47. The number of amides is 1. The van der Waals surface area contributed by atoms with Gasteiger partial charge in [-0.3, -0.25) is 4.79 Å². The van der Waals surface area contributed by atoms with Gasteiger partial charge in [0, 0.05) is 26.6 Å².